The minimum Gasteiger partial charge on any atom is -0.351 e. The molecule has 0 unspecified atom stereocenters. The van der Waals surface area contributed by atoms with Crippen molar-refractivity contribution >= 4 is 23.2 Å². The summed E-state index contributed by atoms with van der Waals surface area (Å²) in [6, 6.07) is 0. The minimum absolute atomic E-state index is 0.0424. The highest BCUT2D eigenvalue weighted by atomic mass is 16.6. The van der Waals surface area contributed by atoms with Crippen LogP contribution >= 0.6 is 0 Å². The lowest BCUT2D eigenvalue weighted by molar-refractivity contribution is -0.385. The summed E-state index contributed by atoms with van der Waals surface area (Å²) in [4.78, 5) is 34.5. The van der Waals surface area contributed by atoms with Crippen LogP contribution in [0.3, 0.4) is 0 Å². The van der Waals surface area contributed by atoms with Gasteiger partial charge in [0.25, 0.3) is 11.8 Å². The van der Waals surface area contributed by atoms with Crippen LogP contribution in [0.4, 0.5) is 11.4 Å². The van der Waals surface area contributed by atoms with Crippen LogP contribution in [0.2, 0.25) is 0 Å². The van der Waals surface area contributed by atoms with Gasteiger partial charge in [0.2, 0.25) is 5.69 Å². The van der Waals surface area contributed by atoms with Gasteiger partial charge in [0.1, 0.15) is 6.20 Å². The van der Waals surface area contributed by atoms with Crippen molar-refractivity contribution in [2.45, 2.75) is 26.8 Å². The summed E-state index contributed by atoms with van der Waals surface area (Å²) >= 11 is 0. The standard InChI is InChI=1S/C13H17N7O4/c1-3-5-14-12(21)10-8(7-19(4-2)18-10)16-13(22)11-9(20(23)24)6-15-17-11/h6-7H,3-5H2,1-2H3,(H,14,21)(H,15,17)(H,16,22). The lowest BCUT2D eigenvalue weighted by Gasteiger charge is -2.04. The number of nitrogens with one attached hydrogen (secondary N) is 3. The predicted octanol–water partition coefficient (Wildman–Crippen LogP) is 0.926. The first-order valence-electron chi connectivity index (χ1n) is 7.32. The van der Waals surface area contributed by atoms with Gasteiger partial charge in [-0.05, 0) is 13.3 Å². The van der Waals surface area contributed by atoms with Crippen molar-refractivity contribution < 1.29 is 14.5 Å². The summed E-state index contributed by atoms with van der Waals surface area (Å²) in [5.74, 6) is -1.21. The van der Waals surface area contributed by atoms with Crippen molar-refractivity contribution in [3.05, 3.63) is 33.9 Å². The third-order valence-corrected chi connectivity index (χ3v) is 3.13. The van der Waals surface area contributed by atoms with Crippen LogP contribution in [0.1, 0.15) is 41.2 Å². The molecule has 0 aliphatic heterocycles. The van der Waals surface area contributed by atoms with Crippen LogP contribution < -0.4 is 10.6 Å². The topological polar surface area (TPSA) is 148 Å². The van der Waals surface area contributed by atoms with Gasteiger partial charge in [-0.1, -0.05) is 6.92 Å². The third-order valence-electron chi connectivity index (χ3n) is 3.13. The SMILES string of the molecule is CCCNC(=O)c1nn(CC)cc1NC(=O)c1[nH]ncc1[N+](=O)[O-]. The number of rotatable bonds is 7. The van der Waals surface area contributed by atoms with Gasteiger partial charge >= 0.3 is 5.69 Å². The van der Waals surface area contributed by atoms with E-state index in [1.165, 1.54) is 10.9 Å². The highest BCUT2D eigenvalue weighted by molar-refractivity contribution is 6.08. The Labute approximate surface area is 136 Å². The Morgan fingerprint density at radius 3 is 2.75 bits per heavy atom. The Morgan fingerprint density at radius 1 is 1.38 bits per heavy atom. The van der Waals surface area contributed by atoms with Crippen molar-refractivity contribution in [1.82, 2.24) is 25.3 Å². The van der Waals surface area contributed by atoms with E-state index in [9.17, 15) is 19.7 Å². The largest absolute Gasteiger partial charge is 0.351 e. The number of hydrogen-bond acceptors (Lipinski definition) is 6. The van der Waals surface area contributed by atoms with Gasteiger partial charge in [0.05, 0.1) is 10.6 Å². The number of H-pyrrole nitrogens is 1. The average molecular weight is 335 g/mol. The van der Waals surface area contributed by atoms with E-state index in [0.717, 1.165) is 12.6 Å². The van der Waals surface area contributed by atoms with E-state index in [0.29, 0.717) is 13.1 Å². The molecule has 2 rings (SSSR count). The Hall–Kier alpha value is -3.24. The van der Waals surface area contributed by atoms with E-state index in [4.69, 9.17) is 0 Å². The first kappa shape index (κ1) is 17.1. The Kier molecular flexibility index (Phi) is 5.24. The van der Waals surface area contributed by atoms with Gasteiger partial charge in [0.15, 0.2) is 5.69 Å². The van der Waals surface area contributed by atoms with Gasteiger partial charge in [0, 0.05) is 19.3 Å². The fraction of sp³-hybridized carbons (Fsp3) is 0.385. The molecular weight excluding hydrogens is 318 g/mol. The number of hydrogen-bond donors (Lipinski definition) is 3. The Bertz CT molecular complexity index is 764. The summed E-state index contributed by atoms with van der Waals surface area (Å²) in [6.45, 7) is 4.70. The molecule has 0 bridgehead atoms. The molecule has 11 heteroatoms. The lowest BCUT2D eigenvalue weighted by Crippen LogP contribution is -2.26. The maximum Gasteiger partial charge on any atom is 0.319 e. The van der Waals surface area contributed by atoms with Gasteiger partial charge in [-0.15, -0.1) is 0 Å². The number of aromatic nitrogens is 4. The van der Waals surface area contributed by atoms with E-state index in [1.807, 2.05) is 13.8 Å². The van der Waals surface area contributed by atoms with Crippen LogP contribution in [-0.2, 0) is 6.54 Å². The lowest BCUT2D eigenvalue weighted by atomic mass is 10.3. The first-order valence-corrected chi connectivity index (χ1v) is 7.32. The second-order valence-corrected chi connectivity index (χ2v) is 4.84. The van der Waals surface area contributed by atoms with Crippen LogP contribution in [-0.4, -0.2) is 43.3 Å². The highest BCUT2D eigenvalue weighted by Crippen LogP contribution is 2.19. The molecule has 0 aromatic carbocycles. The molecule has 2 amide bonds. The molecule has 0 aliphatic carbocycles. The number of carbonyl (C=O) groups is 2. The molecule has 128 valence electrons. The van der Waals surface area contributed by atoms with Crippen LogP contribution in [0.25, 0.3) is 0 Å². The molecule has 2 heterocycles. The number of carbonyl (C=O) groups excluding carboxylic acids is 2. The van der Waals surface area contributed by atoms with Crippen molar-refractivity contribution in [3.8, 4) is 0 Å². The van der Waals surface area contributed by atoms with Crippen molar-refractivity contribution in [2.75, 3.05) is 11.9 Å². The molecule has 3 N–H and O–H groups in total. The molecule has 0 fully saturated rings. The maximum atomic E-state index is 12.2. The van der Waals surface area contributed by atoms with Crippen LogP contribution in [0.5, 0.6) is 0 Å². The zero-order chi connectivity index (χ0) is 17.7. The van der Waals surface area contributed by atoms with E-state index in [2.05, 4.69) is 25.9 Å². The molecule has 0 aliphatic rings. The quantitative estimate of drug-likeness (QED) is 0.506. The molecule has 0 saturated carbocycles. The summed E-state index contributed by atoms with van der Waals surface area (Å²) < 4.78 is 1.48. The van der Waals surface area contributed by atoms with E-state index in [-0.39, 0.29) is 17.1 Å². The molecule has 0 spiro atoms. The number of amides is 2. The van der Waals surface area contributed by atoms with Crippen molar-refractivity contribution in [2.24, 2.45) is 0 Å². The fourth-order valence-corrected chi connectivity index (χ4v) is 1.93. The highest BCUT2D eigenvalue weighted by Gasteiger charge is 2.25. The number of anilines is 1. The molecule has 0 saturated heterocycles. The third kappa shape index (κ3) is 3.56. The number of nitro groups is 1. The fourth-order valence-electron chi connectivity index (χ4n) is 1.93. The van der Waals surface area contributed by atoms with Gasteiger partial charge < -0.3 is 10.6 Å². The van der Waals surface area contributed by atoms with Gasteiger partial charge in [-0.3, -0.25) is 29.5 Å². The monoisotopic (exact) mass is 335 g/mol. The Morgan fingerprint density at radius 2 is 2.12 bits per heavy atom. The molecule has 2 aromatic rings. The van der Waals surface area contributed by atoms with Crippen molar-refractivity contribution in [1.29, 1.82) is 0 Å². The van der Waals surface area contributed by atoms with Gasteiger partial charge in [-0.2, -0.15) is 10.2 Å². The normalized spacial score (nSPS) is 10.4. The second kappa shape index (κ2) is 7.35. The molecular formula is C13H17N7O4. The van der Waals surface area contributed by atoms with E-state index >= 15 is 0 Å². The number of nitrogens with zero attached hydrogens (tertiary/aromatic N) is 4. The summed E-state index contributed by atoms with van der Waals surface area (Å²) in [5, 5.41) is 25.9. The molecule has 2 aromatic heterocycles. The van der Waals surface area contributed by atoms with Crippen molar-refractivity contribution in [3.63, 3.8) is 0 Å². The molecule has 24 heavy (non-hydrogen) atoms. The van der Waals surface area contributed by atoms with Crippen LogP contribution in [0, 0.1) is 10.1 Å². The summed E-state index contributed by atoms with van der Waals surface area (Å²) in [7, 11) is 0. The van der Waals surface area contributed by atoms with Gasteiger partial charge in [-0.25, -0.2) is 0 Å². The zero-order valence-corrected chi connectivity index (χ0v) is 13.2. The second-order valence-electron chi connectivity index (χ2n) is 4.84. The zero-order valence-electron chi connectivity index (χ0n) is 13.2. The smallest absolute Gasteiger partial charge is 0.319 e. The van der Waals surface area contributed by atoms with E-state index in [1.54, 1.807) is 0 Å². The molecule has 0 radical (unpaired) electrons. The summed E-state index contributed by atoms with van der Waals surface area (Å²) in [5.41, 5.74) is -0.545. The summed E-state index contributed by atoms with van der Waals surface area (Å²) in [6.07, 6.45) is 3.18. The average Bonchev–Trinajstić information content (AvgIpc) is 3.19. The minimum atomic E-state index is -0.778. The van der Waals surface area contributed by atoms with E-state index < -0.39 is 22.4 Å². The Balaban J connectivity index is 2.26. The molecule has 0 atom stereocenters. The molecule has 11 nitrogen and oxygen atoms in total. The number of aromatic amines is 1. The number of aryl methyl sites for hydroxylation is 1. The van der Waals surface area contributed by atoms with Crippen LogP contribution in [0.15, 0.2) is 12.4 Å². The maximum absolute atomic E-state index is 12.2. The predicted molar refractivity (Wildman–Crippen MR) is 83.7 cm³/mol. The first-order chi connectivity index (χ1) is 11.5.